The van der Waals surface area contributed by atoms with Gasteiger partial charge in [0, 0.05) is 26.1 Å². The van der Waals surface area contributed by atoms with E-state index in [0.29, 0.717) is 25.0 Å². The summed E-state index contributed by atoms with van der Waals surface area (Å²) < 4.78 is 5.87. The molecule has 2 rings (SSSR count). The fraction of sp³-hybridized carbons (Fsp3) is 0.944. The predicted octanol–water partition coefficient (Wildman–Crippen LogP) is 3.52. The fourth-order valence-electron chi connectivity index (χ4n) is 3.95. The summed E-state index contributed by atoms with van der Waals surface area (Å²) in [5.74, 6) is 0.323. The van der Waals surface area contributed by atoms with Crippen LogP contribution >= 0.6 is 12.4 Å². The standard InChI is InChI=1S/C18H34N2O2.ClH/c1-2-13-22-16-7-6-11-20(12-8-16)17(21)14-18(15-19)9-4-3-5-10-18;/h16H,2-15,19H2,1H3;1H. The summed E-state index contributed by atoms with van der Waals surface area (Å²) in [6.07, 6.45) is 11.2. The smallest absolute Gasteiger partial charge is 0.223 e. The number of likely N-dealkylation sites (tertiary alicyclic amines) is 1. The van der Waals surface area contributed by atoms with Gasteiger partial charge in [-0.15, -0.1) is 12.4 Å². The van der Waals surface area contributed by atoms with E-state index in [9.17, 15) is 4.79 Å². The molecule has 136 valence electrons. The Morgan fingerprint density at radius 2 is 1.91 bits per heavy atom. The van der Waals surface area contributed by atoms with E-state index in [1.807, 2.05) is 0 Å². The Balaban J connectivity index is 0.00000264. The van der Waals surface area contributed by atoms with Gasteiger partial charge in [0.1, 0.15) is 0 Å². The van der Waals surface area contributed by atoms with E-state index in [0.717, 1.165) is 58.2 Å². The molecule has 1 heterocycles. The van der Waals surface area contributed by atoms with Crippen molar-refractivity contribution in [2.75, 3.05) is 26.2 Å². The highest BCUT2D eigenvalue weighted by Crippen LogP contribution is 2.39. The average molecular weight is 347 g/mol. The summed E-state index contributed by atoms with van der Waals surface area (Å²) in [7, 11) is 0. The minimum Gasteiger partial charge on any atom is -0.378 e. The van der Waals surface area contributed by atoms with E-state index in [1.54, 1.807) is 0 Å². The number of ether oxygens (including phenoxy) is 1. The molecule has 0 bridgehead atoms. The summed E-state index contributed by atoms with van der Waals surface area (Å²) in [5, 5.41) is 0. The summed E-state index contributed by atoms with van der Waals surface area (Å²) in [4.78, 5) is 14.8. The van der Waals surface area contributed by atoms with Crippen molar-refractivity contribution in [2.45, 2.75) is 77.2 Å². The average Bonchev–Trinajstić information content (AvgIpc) is 2.79. The van der Waals surface area contributed by atoms with E-state index in [-0.39, 0.29) is 17.8 Å². The lowest BCUT2D eigenvalue weighted by Gasteiger charge is -2.37. The maximum Gasteiger partial charge on any atom is 0.223 e. The number of hydrogen-bond donors (Lipinski definition) is 1. The van der Waals surface area contributed by atoms with Crippen LogP contribution in [-0.4, -0.2) is 43.2 Å². The Kier molecular flexibility index (Phi) is 9.48. The first-order valence-corrected chi connectivity index (χ1v) is 9.28. The van der Waals surface area contributed by atoms with Crippen molar-refractivity contribution in [2.24, 2.45) is 11.1 Å². The Bertz CT molecular complexity index is 346. The number of rotatable bonds is 6. The zero-order chi connectivity index (χ0) is 15.8. The van der Waals surface area contributed by atoms with Crippen LogP contribution in [0.5, 0.6) is 0 Å². The number of halogens is 1. The highest BCUT2D eigenvalue weighted by atomic mass is 35.5. The Morgan fingerprint density at radius 3 is 2.57 bits per heavy atom. The SMILES string of the molecule is CCCOC1CCCN(C(=O)CC2(CN)CCCCC2)CC1.Cl. The van der Waals surface area contributed by atoms with Crippen LogP contribution in [0.2, 0.25) is 0 Å². The van der Waals surface area contributed by atoms with Crippen LogP contribution in [0, 0.1) is 5.41 Å². The van der Waals surface area contributed by atoms with Gasteiger partial charge in [-0.3, -0.25) is 4.79 Å². The second kappa shape index (κ2) is 10.5. The molecule has 1 aliphatic heterocycles. The van der Waals surface area contributed by atoms with E-state index < -0.39 is 0 Å². The molecule has 23 heavy (non-hydrogen) atoms. The normalized spacial score (nSPS) is 24.6. The molecule has 1 saturated heterocycles. The quantitative estimate of drug-likeness (QED) is 0.800. The Hall–Kier alpha value is -0.320. The third-order valence-corrected chi connectivity index (χ3v) is 5.46. The molecular weight excluding hydrogens is 312 g/mol. The van der Waals surface area contributed by atoms with Gasteiger partial charge in [0.2, 0.25) is 5.91 Å². The molecule has 2 N–H and O–H groups in total. The summed E-state index contributed by atoms with van der Waals surface area (Å²) in [6, 6.07) is 0. The summed E-state index contributed by atoms with van der Waals surface area (Å²) in [6.45, 7) is 5.39. The number of hydrogen-bond acceptors (Lipinski definition) is 3. The maximum atomic E-state index is 12.7. The molecule has 1 unspecified atom stereocenters. The second-order valence-corrected chi connectivity index (χ2v) is 7.25. The van der Waals surface area contributed by atoms with Crippen molar-refractivity contribution in [1.82, 2.24) is 4.90 Å². The maximum absolute atomic E-state index is 12.7. The molecule has 1 atom stereocenters. The van der Waals surface area contributed by atoms with E-state index in [2.05, 4.69) is 11.8 Å². The Morgan fingerprint density at radius 1 is 1.17 bits per heavy atom. The highest BCUT2D eigenvalue weighted by Gasteiger charge is 2.34. The van der Waals surface area contributed by atoms with E-state index >= 15 is 0 Å². The molecule has 0 aromatic carbocycles. The second-order valence-electron chi connectivity index (χ2n) is 7.25. The van der Waals surface area contributed by atoms with Gasteiger partial charge in [-0.25, -0.2) is 0 Å². The molecule has 0 aromatic rings. The van der Waals surface area contributed by atoms with E-state index in [4.69, 9.17) is 10.5 Å². The van der Waals surface area contributed by atoms with Crippen LogP contribution in [-0.2, 0) is 9.53 Å². The molecule has 2 fully saturated rings. The molecule has 0 radical (unpaired) electrons. The first kappa shape index (κ1) is 20.7. The molecule has 1 amide bonds. The number of amides is 1. The van der Waals surface area contributed by atoms with Gasteiger partial charge in [0.05, 0.1) is 6.10 Å². The van der Waals surface area contributed by atoms with Crippen molar-refractivity contribution >= 4 is 18.3 Å². The minimum absolute atomic E-state index is 0. The third-order valence-electron chi connectivity index (χ3n) is 5.46. The largest absolute Gasteiger partial charge is 0.378 e. The third kappa shape index (κ3) is 6.24. The molecule has 4 nitrogen and oxygen atoms in total. The lowest BCUT2D eigenvalue weighted by atomic mass is 9.71. The molecule has 2 aliphatic rings. The lowest BCUT2D eigenvalue weighted by molar-refractivity contribution is -0.134. The fourth-order valence-corrected chi connectivity index (χ4v) is 3.95. The van der Waals surface area contributed by atoms with Crippen LogP contribution in [0.15, 0.2) is 0 Å². The topological polar surface area (TPSA) is 55.6 Å². The van der Waals surface area contributed by atoms with Gasteiger partial charge in [0.15, 0.2) is 0 Å². The molecular formula is C18H35ClN2O2. The molecule has 0 spiro atoms. The summed E-state index contributed by atoms with van der Waals surface area (Å²) in [5.41, 5.74) is 6.12. The predicted molar refractivity (Wildman–Crippen MR) is 96.9 cm³/mol. The monoisotopic (exact) mass is 346 g/mol. The van der Waals surface area contributed by atoms with Crippen molar-refractivity contribution in [3.8, 4) is 0 Å². The number of nitrogens with zero attached hydrogens (tertiary/aromatic N) is 1. The number of carbonyl (C=O) groups is 1. The van der Waals surface area contributed by atoms with Gasteiger partial charge in [0.25, 0.3) is 0 Å². The van der Waals surface area contributed by atoms with Gasteiger partial charge < -0.3 is 15.4 Å². The van der Waals surface area contributed by atoms with Crippen LogP contribution in [0.4, 0.5) is 0 Å². The van der Waals surface area contributed by atoms with Gasteiger partial charge in [-0.1, -0.05) is 26.2 Å². The van der Waals surface area contributed by atoms with Crippen LogP contribution in [0.1, 0.15) is 71.1 Å². The van der Waals surface area contributed by atoms with Crippen molar-refractivity contribution in [3.63, 3.8) is 0 Å². The van der Waals surface area contributed by atoms with Crippen molar-refractivity contribution in [3.05, 3.63) is 0 Å². The molecule has 1 saturated carbocycles. The first-order valence-electron chi connectivity index (χ1n) is 9.28. The molecule has 5 heteroatoms. The van der Waals surface area contributed by atoms with E-state index in [1.165, 1.54) is 19.3 Å². The minimum atomic E-state index is 0. The van der Waals surface area contributed by atoms with Gasteiger partial charge >= 0.3 is 0 Å². The zero-order valence-corrected chi connectivity index (χ0v) is 15.5. The van der Waals surface area contributed by atoms with Crippen molar-refractivity contribution < 1.29 is 9.53 Å². The number of nitrogens with two attached hydrogens (primary N) is 1. The summed E-state index contributed by atoms with van der Waals surface area (Å²) >= 11 is 0. The zero-order valence-electron chi connectivity index (χ0n) is 14.7. The van der Waals surface area contributed by atoms with Gasteiger partial charge in [-0.05, 0) is 50.5 Å². The lowest BCUT2D eigenvalue weighted by Crippen LogP contribution is -2.41. The van der Waals surface area contributed by atoms with Crippen LogP contribution in [0.25, 0.3) is 0 Å². The van der Waals surface area contributed by atoms with Crippen molar-refractivity contribution in [1.29, 1.82) is 0 Å². The number of carbonyl (C=O) groups excluding carboxylic acids is 1. The van der Waals surface area contributed by atoms with Crippen LogP contribution in [0.3, 0.4) is 0 Å². The molecule has 1 aliphatic carbocycles. The molecule has 0 aromatic heterocycles. The first-order chi connectivity index (χ1) is 10.7. The Labute approximate surface area is 147 Å². The highest BCUT2D eigenvalue weighted by molar-refractivity contribution is 5.85. The van der Waals surface area contributed by atoms with Gasteiger partial charge in [-0.2, -0.15) is 0 Å². The van der Waals surface area contributed by atoms with Crippen LogP contribution < -0.4 is 5.73 Å².